The summed E-state index contributed by atoms with van der Waals surface area (Å²) in [4.78, 5) is 26.4. The number of benzene rings is 4. The average Bonchev–Trinajstić information content (AvgIpc) is 2.87. The van der Waals surface area contributed by atoms with E-state index in [1.54, 1.807) is 37.9 Å². The minimum Gasteiger partial charge on any atom is -0.496 e. The summed E-state index contributed by atoms with van der Waals surface area (Å²) in [6.07, 6.45) is 0.790. The zero-order valence-electron chi connectivity index (χ0n) is 22.7. The lowest BCUT2D eigenvalue weighted by Gasteiger charge is -2.15. The van der Waals surface area contributed by atoms with Crippen molar-refractivity contribution in [1.29, 1.82) is 0 Å². The van der Waals surface area contributed by atoms with Crippen molar-refractivity contribution in [2.45, 2.75) is 50.8 Å². The minimum atomic E-state index is -0.382. The number of hydrogen-bond donors (Lipinski definition) is 0. The molecule has 5 heteroatoms. The number of esters is 1. The zero-order chi connectivity index (χ0) is 27.4. The van der Waals surface area contributed by atoms with Gasteiger partial charge in [-0.3, -0.25) is 4.79 Å². The molecule has 4 nitrogen and oxygen atoms in total. The van der Waals surface area contributed by atoms with Crippen LogP contribution in [0.5, 0.6) is 11.5 Å². The van der Waals surface area contributed by atoms with E-state index in [0.29, 0.717) is 16.9 Å². The first-order chi connectivity index (χ1) is 18.1. The fourth-order valence-corrected chi connectivity index (χ4v) is 5.52. The summed E-state index contributed by atoms with van der Waals surface area (Å²) in [5.74, 6) is 1.20. The van der Waals surface area contributed by atoms with Gasteiger partial charge in [-0.25, -0.2) is 4.79 Å². The largest absolute Gasteiger partial charge is 0.496 e. The van der Waals surface area contributed by atoms with Gasteiger partial charge in [0, 0.05) is 15.4 Å². The molecule has 0 saturated carbocycles. The lowest BCUT2D eigenvalue weighted by atomic mass is 9.97. The van der Waals surface area contributed by atoms with E-state index >= 15 is 0 Å². The summed E-state index contributed by atoms with van der Waals surface area (Å²) in [5.41, 5.74) is 7.67. The van der Waals surface area contributed by atoms with Crippen LogP contribution < -0.4 is 9.47 Å². The number of carbonyl (C=O) groups excluding carboxylic acids is 2. The van der Waals surface area contributed by atoms with Gasteiger partial charge in [0.1, 0.15) is 11.5 Å². The molecule has 0 aliphatic carbocycles. The topological polar surface area (TPSA) is 52.6 Å². The van der Waals surface area contributed by atoms with E-state index in [-0.39, 0.29) is 11.8 Å². The van der Waals surface area contributed by atoms with Gasteiger partial charge in [0.2, 0.25) is 0 Å². The van der Waals surface area contributed by atoms with Crippen molar-refractivity contribution < 1.29 is 19.1 Å². The molecule has 0 aliphatic rings. The maximum atomic E-state index is 12.9. The Kier molecular flexibility index (Phi) is 8.38. The second kappa shape index (κ2) is 11.7. The molecule has 0 radical (unpaired) electrons. The summed E-state index contributed by atoms with van der Waals surface area (Å²) in [6, 6.07) is 23.4. The minimum absolute atomic E-state index is 0.0481. The molecule has 4 aromatic carbocycles. The number of hydrogen-bond acceptors (Lipinski definition) is 5. The van der Waals surface area contributed by atoms with E-state index in [4.69, 9.17) is 9.47 Å². The number of carbonyl (C=O) groups is 2. The van der Waals surface area contributed by atoms with E-state index in [0.717, 1.165) is 44.2 Å². The fourth-order valence-electron chi connectivity index (χ4n) is 4.71. The molecule has 0 saturated heterocycles. The molecule has 0 spiro atoms. The highest BCUT2D eigenvalue weighted by molar-refractivity contribution is 7.99. The maximum Gasteiger partial charge on any atom is 0.343 e. The van der Waals surface area contributed by atoms with Crippen LogP contribution in [0.15, 0.2) is 82.6 Å². The lowest BCUT2D eigenvalue weighted by molar-refractivity contribution is 0.0732. The van der Waals surface area contributed by atoms with Crippen molar-refractivity contribution in [3.8, 4) is 11.5 Å². The summed E-state index contributed by atoms with van der Waals surface area (Å²) in [7, 11) is 1.70. The second-order valence-electron chi connectivity index (χ2n) is 9.59. The Morgan fingerprint density at radius 3 is 1.50 bits per heavy atom. The van der Waals surface area contributed by atoms with Crippen molar-refractivity contribution in [3.63, 3.8) is 0 Å². The van der Waals surface area contributed by atoms with Crippen LogP contribution in [0.25, 0.3) is 0 Å². The number of aryl methyl sites for hydroxylation is 4. The number of ketones is 1. The summed E-state index contributed by atoms with van der Waals surface area (Å²) >= 11 is 1.57. The van der Waals surface area contributed by atoms with Gasteiger partial charge in [0.05, 0.1) is 12.7 Å². The first-order valence-electron chi connectivity index (χ1n) is 12.5. The van der Waals surface area contributed by atoms with Crippen molar-refractivity contribution in [3.05, 3.63) is 117 Å². The lowest BCUT2D eigenvalue weighted by Crippen LogP contribution is -2.10. The van der Waals surface area contributed by atoms with Gasteiger partial charge in [-0.05, 0) is 111 Å². The molecule has 0 unspecified atom stereocenters. The van der Waals surface area contributed by atoms with E-state index in [1.165, 1.54) is 11.1 Å². The normalized spacial score (nSPS) is 10.8. The molecule has 0 fully saturated rings. The average molecular weight is 525 g/mol. The van der Waals surface area contributed by atoms with Gasteiger partial charge in [-0.15, -0.1) is 0 Å². The standard InChI is InChI=1S/C33H32O4S/c1-20-15-25(16-21(2)31(20)36-6)19-26-17-22(3)32(23(4)18-26)37-33(35)28-9-13-30(14-10-28)38-29-11-7-27(8-12-29)24(5)34/h7-18H,19H2,1-6H3. The third-order valence-corrected chi connectivity index (χ3v) is 7.45. The number of rotatable bonds is 8. The molecule has 4 aromatic rings. The maximum absolute atomic E-state index is 12.9. The third kappa shape index (κ3) is 6.35. The monoisotopic (exact) mass is 524 g/mol. The van der Waals surface area contributed by atoms with Gasteiger partial charge >= 0.3 is 5.97 Å². The van der Waals surface area contributed by atoms with Crippen LogP contribution in [0.2, 0.25) is 0 Å². The molecule has 38 heavy (non-hydrogen) atoms. The number of Topliss-reactive ketones (excluding diaryl/α,β-unsaturated/α-hetero) is 1. The van der Waals surface area contributed by atoms with Gasteiger partial charge in [0.15, 0.2) is 5.78 Å². The van der Waals surface area contributed by atoms with E-state index in [9.17, 15) is 9.59 Å². The van der Waals surface area contributed by atoms with Crippen molar-refractivity contribution in [2.24, 2.45) is 0 Å². The van der Waals surface area contributed by atoms with Crippen molar-refractivity contribution in [2.75, 3.05) is 7.11 Å². The SMILES string of the molecule is COc1c(C)cc(Cc2cc(C)c(OC(=O)c3ccc(Sc4ccc(C(C)=O)cc4)cc3)c(C)c2)cc1C. The Morgan fingerprint density at radius 1 is 0.658 bits per heavy atom. The van der Waals surface area contributed by atoms with Crippen LogP contribution in [0, 0.1) is 27.7 Å². The zero-order valence-corrected chi connectivity index (χ0v) is 23.5. The molecule has 0 N–H and O–H groups in total. The van der Waals surface area contributed by atoms with Crippen LogP contribution in [0.1, 0.15) is 61.0 Å². The first-order valence-corrected chi connectivity index (χ1v) is 13.3. The Balaban J connectivity index is 1.44. The summed E-state index contributed by atoms with van der Waals surface area (Å²) in [5, 5.41) is 0. The molecular formula is C33H32O4S. The third-order valence-electron chi connectivity index (χ3n) is 6.43. The summed E-state index contributed by atoms with van der Waals surface area (Å²) < 4.78 is 11.3. The second-order valence-corrected chi connectivity index (χ2v) is 10.7. The van der Waals surface area contributed by atoms with E-state index in [1.807, 2.05) is 50.2 Å². The molecular weight excluding hydrogens is 492 g/mol. The van der Waals surface area contributed by atoms with Gasteiger partial charge in [-0.1, -0.05) is 48.2 Å². The Bertz CT molecular complexity index is 1440. The van der Waals surface area contributed by atoms with Gasteiger partial charge in [0.25, 0.3) is 0 Å². The van der Waals surface area contributed by atoms with Crippen LogP contribution in [-0.4, -0.2) is 18.9 Å². The molecule has 0 heterocycles. The Hall–Kier alpha value is -3.83. The van der Waals surface area contributed by atoms with Gasteiger partial charge < -0.3 is 9.47 Å². The highest BCUT2D eigenvalue weighted by Gasteiger charge is 2.15. The molecule has 194 valence electrons. The van der Waals surface area contributed by atoms with E-state index < -0.39 is 0 Å². The molecule has 4 rings (SSSR count). The van der Waals surface area contributed by atoms with Crippen LogP contribution in [-0.2, 0) is 6.42 Å². The van der Waals surface area contributed by atoms with Gasteiger partial charge in [-0.2, -0.15) is 0 Å². The highest BCUT2D eigenvalue weighted by Crippen LogP contribution is 2.31. The quantitative estimate of drug-likeness (QED) is 0.132. The number of methoxy groups -OCH3 is 1. The smallest absolute Gasteiger partial charge is 0.343 e. The molecule has 0 aromatic heterocycles. The highest BCUT2D eigenvalue weighted by atomic mass is 32.2. The summed E-state index contributed by atoms with van der Waals surface area (Å²) in [6.45, 7) is 9.63. The molecule has 0 amide bonds. The predicted molar refractivity (Wildman–Crippen MR) is 153 cm³/mol. The molecule has 0 bridgehead atoms. The number of ether oxygens (including phenoxy) is 2. The van der Waals surface area contributed by atoms with Crippen molar-refractivity contribution in [1.82, 2.24) is 0 Å². The van der Waals surface area contributed by atoms with Crippen molar-refractivity contribution >= 4 is 23.5 Å². The van der Waals surface area contributed by atoms with Crippen LogP contribution in [0.4, 0.5) is 0 Å². The fraction of sp³-hybridized carbons (Fsp3) is 0.212. The van der Waals surface area contributed by atoms with E-state index in [2.05, 4.69) is 38.1 Å². The Morgan fingerprint density at radius 2 is 1.08 bits per heavy atom. The van der Waals surface area contributed by atoms with Crippen LogP contribution in [0.3, 0.4) is 0 Å². The first kappa shape index (κ1) is 27.2. The Labute approximate surface area is 229 Å². The predicted octanol–water partition coefficient (Wildman–Crippen LogP) is 8.09. The van der Waals surface area contributed by atoms with Crippen LogP contribution >= 0.6 is 11.8 Å². The molecule has 0 aliphatic heterocycles. The molecule has 0 atom stereocenters.